The molecule has 230 valence electrons. The van der Waals surface area contributed by atoms with Crippen LogP contribution in [0.4, 0.5) is 0 Å². The first-order valence-corrected chi connectivity index (χ1v) is 16.4. The smallest absolute Gasteiger partial charge is 0.216 e. The van der Waals surface area contributed by atoms with Crippen molar-refractivity contribution in [3.05, 3.63) is 143 Å². The molecule has 3 atom stereocenters. The highest BCUT2D eigenvalue weighted by Gasteiger charge is 2.60. The van der Waals surface area contributed by atoms with E-state index >= 15 is 0 Å². The predicted molar refractivity (Wildman–Crippen MR) is 184 cm³/mol. The molecule has 3 aromatic carbocycles. The van der Waals surface area contributed by atoms with E-state index in [0.29, 0.717) is 13.2 Å². The van der Waals surface area contributed by atoms with Crippen molar-refractivity contribution in [3.63, 3.8) is 0 Å². The normalized spacial score (nSPS) is 26.1. The number of aliphatic imine (C=N–C) groups is 2. The molecule has 3 aromatic rings. The van der Waals surface area contributed by atoms with Gasteiger partial charge in [-0.25, -0.2) is 9.98 Å². The summed E-state index contributed by atoms with van der Waals surface area (Å²) in [5.74, 6) is 1.58. The zero-order valence-corrected chi connectivity index (χ0v) is 27.1. The van der Waals surface area contributed by atoms with Gasteiger partial charge in [0.15, 0.2) is 0 Å². The van der Waals surface area contributed by atoms with Crippen LogP contribution in [-0.4, -0.2) is 37.1 Å². The number of hydrogen-bond acceptors (Lipinski definition) is 4. The highest BCUT2D eigenvalue weighted by atomic mass is 16.5. The second-order valence-corrected chi connectivity index (χ2v) is 14.5. The molecule has 2 aliphatic carbocycles. The van der Waals surface area contributed by atoms with Crippen molar-refractivity contribution in [2.75, 3.05) is 13.2 Å². The van der Waals surface area contributed by atoms with Gasteiger partial charge >= 0.3 is 0 Å². The van der Waals surface area contributed by atoms with E-state index in [-0.39, 0.29) is 28.3 Å². The van der Waals surface area contributed by atoms with Crippen LogP contribution in [0.1, 0.15) is 68.4 Å². The van der Waals surface area contributed by atoms with Gasteiger partial charge in [-0.15, -0.1) is 0 Å². The largest absolute Gasteiger partial charge is 0.475 e. The van der Waals surface area contributed by atoms with E-state index in [9.17, 15) is 0 Å². The lowest BCUT2D eigenvalue weighted by atomic mass is 9.70. The van der Waals surface area contributed by atoms with Crippen LogP contribution in [0.5, 0.6) is 0 Å². The minimum atomic E-state index is -0.288. The monoisotopic (exact) mass is 596 g/mol. The first-order valence-electron chi connectivity index (χ1n) is 16.4. The lowest BCUT2D eigenvalue weighted by molar-refractivity contribution is 0.297. The van der Waals surface area contributed by atoms with Gasteiger partial charge in [-0.2, -0.15) is 0 Å². The fourth-order valence-corrected chi connectivity index (χ4v) is 8.54. The average Bonchev–Trinajstić information content (AvgIpc) is 3.77. The Bertz CT molecular complexity index is 1730. The molecule has 1 spiro atoms. The van der Waals surface area contributed by atoms with E-state index in [2.05, 4.69) is 125 Å². The molecule has 0 amide bonds. The third-order valence-corrected chi connectivity index (χ3v) is 10.1. The quantitative estimate of drug-likeness (QED) is 0.245. The van der Waals surface area contributed by atoms with Gasteiger partial charge in [0.1, 0.15) is 13.2 Å². The third-order valence-electron chi connectivity index (χ3n) is 10.1. The van der Waals surface area contributed by atoms with Gasteiger partial charge in [0, 0.05) is 16.6 Å². The van der Waals surface area contributed by atoms with Crippen molar-refractivity contribution in [2.24, 2.45) is 15.4 Å². The van der Waals surface area contributed by atoms with E-state index < -0.39 is 0 Å². The van der Waals surface area contributed by atoms with Gasteiger partial charge < -0.3 is 9.47 Å². The van der Waals surface area contributed by atoms with Crippen molar-refractivity contribution >= 4 is 11.8 Å². The van der Waals surface area contributed by atoms with Gasteiger partial charge in [-0.1, -0.05) is 125 Å². The summed E-state index contributed by atoms with van der Waals surface area (Å²) in [6, 6.07) is 28.2. The van der Waals surface area contributed by atoms with Crippen LogP contribution >= 0.6 is 0 Å². The van der Waals surface area contributed by atoms with Crippen LogP contribution in [-0.2, 0) is 33.1 Å². The minimum Gasteiger partial charge on any atom is -0.475 e. The van der Waals surface area contributed by atoms with Gasteiger partial charge in [-0.05, 0) is 70.4 Å². The molecule has 0 fully saturated rings. The molecule has 4 nitrogen and oxygen atoms in total. The summed E-state index contributed by atoms with van der Waals surface area (Å²) in [5.41, 5.74) is 8.50. The summed E-state index contributed by atoms with van der Waals surface area (Å²) in [6.07, 6.45) is 9.87. The molecule has 0 saturated carbocycles. The van der Waals surface area contributed by atoms with Crippen LogP contribution in [0.3, 0.4) is 0 Å². The fourth-order valence-electron chi connectivity index (χ4n) is 8.54. The van der Waals surface area contributed by atoms with E-state index in [1.807, 2.05) is 6.08 Å². The van der Waals surface area contributed by atoms with E-state index in [0.717, 1.165) is 43.0 Å². The molecular weight excluding hydrogens is 552 g/mol. The highest BCUT2D eigenvalue weighted by Crippen LogP contribution is 2.65. The minimum absolute atomic E-state index is 0.0461. The molecule has 4 heteroatoms. The second kappa shape index (κ2) is 11.3. The summed E-state index contributed by atoms with van der Waals surface area (Å²) < 4.78 is 13.1. The molecule has 2 aliphatic heterocycles. The summed E-state index contributed by atoms with van der Waals surface area (Å²) in [6.45, 7) is 14.7. The van der Waals surface area contributed by atoms with Gasteiger partial charge in [-0.3, -0.25) is 0 Å². The predicted octanol–water partition coefficient (Wildman–Crippen LogP) is 8.50. The van der Waals surface area contributed by atoms with Gasteiger partial charge in [0.05, 0.1) is 12.1 Å². The maximum Gasteiger partial charge on any atom is 0.216 e. The van der Waals surface area contributed by atoms with Crippen LogP contribution in [0.25, 0.3) is 0 Å². The number of hydrogen-bond donors (Lipinski definition) is 0. The Morgan fingerprint density at radius 3 is 1.93 bits per heavy atom. The number of ether oxygens (including phenoxy) is 2. The van der Waals surface area contributed by atoms with Crippen LogP contribution < -0.4 is 0 Å². The Hall–Kier alpha value is -4.18. The first-order chi connectivity index (χ1) is 21.7. The molecule has 0 saturated heterocycles. The number of allylic oxidation sites excluding steroid dienone is 4. The van der Waals surface area contributed by atoms with E-state index in [1.54, 1.807) is 0 Å². The molecule has 2 heterocycles. The Labute approximate surface area is 268 Å². The van der Waals surface area contributed by atoms with Crippen molar-refractivity contribution in [1.29, 1.82) is 0 Å². The molecular formula is C41H44N2O2. The van der Waals surface area contributed by atoms with Crippen molar-refractivity contribution < 1.29 is 9.47 Å². The highest BCUT2D eigenvalue weighted by molar-refractivity contribution is 6.03. The van der Waals surface area contributed by atoms with Crippen molar-refractivity contribution in [2.45, 2.75) is 76.3 Å². The van der Waals surface area contributed by atoms with Crippen molar-refractivity contribution in [3.8, 4) is 0 Å². The Morgan fingerprint density at radius 2 is 1.31 bits per heavy atom. The van der Waals surface area contributed by atoms with Crippen molar-refractivity contribution in [1.82, 2.24) is 0 Å². The molecule has 45 heavy (non-hydrogen) atoms. The molecule has 0 N–H and O–H groups in total. The van der Waals surface area contributed by atoms with Crippen LogP contribution in [0, 0.1) is 5.41 Å². The van der Waals surface area contributed by atoms with E-state index in [4.69, 9.17) is 19.5 Å². The molecule has 0 bridgehead atoms. The Balaban J connectivity index is 1.36. The standard InChI is InChI=1S/C41H44N2O2/c1-6-7-20-34-36(38-43-31(25-45-38)23-29-17-12-9-13-18-29)41(27-40(34,4)5)26-39(2,3)33-21-14-19-32(35(33)41)37-42-30(24-44-37)22-28-15-10-8-11-16-28/h6-21,30-31H,1,22-27H2,2-5H3/b20-7-/t30-,31-,41?/m0/s1. The lowest BCUT2D eigenvalue weighted by Crippen LogP contribution is -2.32. The summed E-state index contributed by atoms with van der Waals surface area (Å²) in [4.78, 5) is 10.5. The zero-order chi connectivity index (χ0) is 31.2. The third kappa shape index (κ3) is 5.28. The van der Waals surface area contributed by atoms with E-state index in [1.165, 1.54) is 33.4 Å². The summed E-state index contributed by atoms with van der Waals surface area (Å²) in [5, 5.41) is 0. The van der Waals surface area contributed by atoms with Crippen LogP contribution in [0.15, 0.2) is 125 Å². The molecule has 7 rings (SSSR count). The Morgan fingerprint density at radius 1 is 0.733 bits per heavy atom. The first kappa shape index (κ1) is 29.5. The lowest BCUT2D eigenvalue weighted by Gasteiger charge is -2.33. The summed E-state index contributed by atoms with van der Waals surface area (Å²) in [7, 11) is 0. The molecule has 4 aliphatic rings. The number of nitrogens with zero attached hydrogens (tertiary/aromatic N) is 2. The molecule has 0 radical (unpaired) electrons. The molecule has 1 unspecified atom stereocenters. The fraction of sp³-hybridized carbons (Fsp3) is 0.366. The summed E-state index contributed by atoms with van der Waals surface area (Å²) >= 11 is 0. The average molecular weight is 597 g/mol. The van der Waals surface area contributed by atoms with Gasteiger partial charge in [0.25, 0.3) is 0 Å². The number of rotatable bonds is 8. The number of fused-ring (bicyclic) bond motifs is 2. The topological polar surface area (TPSA) is 43.2 Å². The maximum absolute atomic E-state index is 6.61. The molecule has 0 aromatic heterocycles. The zero-order valence-electron chi connectivity index (χ0n) is 27.1. The second-order valence-electron chi connectivity index (χ2n) is 14.5. The Kier molecular flexibility index (Phi) is 7.43. The maximum atomic E-state index is 6.61. The number of benzene rings is 3. The van der Waals surface area contributed by atoms with Crippen LogP contribution in [0.2, 0.25) is 0 Å². The van der Waals surface area contributed by atoms with Gasteiger partial charge in [0.2, 0.25) is 11.8 Å². The SMILES string of the molecule is C=C/C=C\C1=C(C2=N[C@@H](Cc3ccccc3)CO2)C2(CC1(C)C)CC(C)(C)c1cccc(C3=N[C@@H](Cc4ccccc4)CO3)c12.